The molecule has 1 aliphatic heterocycles. The summed E-state index contributed by atoms with van der Waals surface area (Å²) in [5.41, 5.74) is 2.49. The Kier molecular flexibility index (Phi) is 10.3. The van der Waals surface area contributed by atoms with E-state index in [1.165, 1.54) is 6.20 Å². The molecule has 1 saturated heterocycles. The van der Waals surface area contributed by atoms with Crippen LogP contribution in [0.15, 0.2) is 42.6 Å². The van der Waals surface area contributed by atoms with Crippen molar-refractivity contribution >= 4 is 64.5 Å². The summed E-state index contributed by atoms with van der Waals surface area (Å²) in [5.74, 6) is 6.15. The van der Waals surface area contributed by atoms with Crippen LogP contribution >= 0.6 is 18.7 Å². The lowest BCUT2D eigenvalue weighted by Crippen LogP contribution is -2.36. The predicted molar refractivity (Wildman–Crippen MR) is 170 cm³/mol. The molecule has 1 fully saturated rings. The molecule has 0 radical (unpaired) electrons. The van der Waals surface area contributed by atoms with E-state index >= 15 is 0 Å². The lowest BCUT2D eigenvalue weighted by molar-refractivity contribution is -0.111. The van der Waals surface area contributed by atoms with E-state index in [0.717, 1.165) is 5.69 Å². The van der Waals surface area contributed by atoms with Crippen molar-refractivity contribution in [2.24, 2.45) is 0 Å². The lowest BCUT2D eigenvalue weighted by atomic mass is 10.1. The van der Waals surface area contributed by atoms with Crippen LogP contribution in [0.2, 0.25) is 5.02 Å². The Morgan fingerprint density at radius 2 is 1.88 bits per heavy atom. The molecular weight excluding hydrogens is 577 g/mol. The second-order valence-corrected chi connectivity index (χ2v) is 13.8. The standard InChI is InChI=1S/C29H35ClN7O4P/c1-36(2)12-8-11-27(38)32-22-17-23(25(40-3)18-24(22)37-13-15-41-16-14-37)34-29-31-19-20(30)28(35-29)33-21-9-6-7-10-26(21)42(4,5)39/h6-7,9-10,17-19H,12-16H2,1-5H3,(H,32,38)(H2,31,33,34,35). The molecule has 11 nitrogen and oxygen atoms in total. The average molecular weight is 612 g/mol. The minimum absolute atomic E-state index is 0.232. The highest BCUT2D eigenvalue weighted by Crippen LogP contribution is 2.40. The molecule has 2 aromatic carbocycles. The number of ether oxygens (including phenoxy) is 2. The van der Waals surface area contributed by atoms with E-state index in [9.17, 15) is 9.36 Å². The van der Waals surface area contributed by atoms with Crippen LogP contribution in [0.1, 0.15) is 0 Å². The number of nitrogens with one attached hydrogen (secondary N) is 3. The van der Waals surface area contributed by atoms with E-state index in [2.05, 4.69) is 42.7 Å². The number of para-hydroxylation sites is 1. The third kappa shape index (κ3) is 8.14. The second kappa shape index (κ2) is 13.9. The molecule has 4 rings (SSSR count). The number of carbonyl (C=O) groups is 1. The third-order valence-electron chi connectivity index (χ3n) is 6.24. The van der Waals surface area contributed by atoms with Gasteiger partial charge in [0, 0.05) is 24.5 Å². The van der Waals surface area contributed by atoms with Gasteiger partial charge in [0.25, 0.3) is 5.91 Å². The third-order valence-corrected chi connectivity index (χ3v) is 8.07. The molecule has 0 atom stereocenters. The van der Waals surface area contributed by atoms with Crippen LogP contribution in [-0.2, 0) is 14.1 Å². The van der Waals surface area contributed by atoms with Crippen LogP contribution in [0, 0.1) is 11.8 Å². The van der Waals surface area contributed by atoms with Crippen molar-refractivity contribution in [2.45, 2.75) is 0 Å². The van der Waals surface area contributed by atoms with Crippen molar-refractivity contribution in [3.05, 3.63) is 47.6 Å². The van der Waals surface area contributed by atoms with Crippen molar-refractivity contribution < 1.29 is 18.8 Å². The van der Waals surface area contributed by atoms with Gasteiger partial charge in [-0.05, 0) is 51.5 Å². The van der Waals surface area contributed by atoms with Gasteiger partial charge in [0.1, 0.15) is 17.9 Å². The summed E-state index contributed by atoms with van der Waals surface area (Å²) in [4.78, 5) is 25.6. The number of amides is 1. The summed E-state index contributed by atoms with van der Waals surface area (Å²) in [7, 11) is 2.76. The first-order chi connectivity index (χ1) is 20.0. The van der Waals surface area contributed by atoms with E-state index in [1.807, 2.05) is 49.3 Å². The highest BCUT2D eigenvalue weighted by molar-refractivity contribution is 7.70. The Morgan fingerprint density at radius 3 is 2.57 bits per heavy atom. The summed E-state index contributed by atoms with van der Waals surface area (Å²) >= 11 is 6.44. The first kappa shape index (κ1) is 31.1. The Balaban J connectivity index is 1.67. The van der Waals surface area contributed by atoms with Crippen LogP contribution in [0.25, 0.3) is 0 Å². The SMILES string of the molecule is COc1cc(N2CCOCC2)c(NC(=O)C#CCN(C)C)cc1Nc1ncc(Cl)c(Nc2ccccc2P(C)(C)=O)n1. The smallest absolute Gasteiger partial charge is 0.300 e. The second-order valence-electron chi connectivity index (χ2n) is 10.2. The fraction of sp³-hybridized carbons (Fsp3) is 0.345. The van der Waals surface area contributed by atoms with Gasteiger partial charge in [-0.3, -0.25) is 9.69 Å². The highest BCUT2D eigenvalue weighted by atomic mass is 35.5. The van der Waals surface area contributed by atoms with E-state index in [1.54, 1.807) is 26.5 Å². The summed E-state index contributed by atoms with van der Waals surface area (Å²) in [6, 6.07) is 10.9. The number of halogens is 1. The number of methoxy groups -OCH3 is 1. The number of rotatable bonds is 9. The largest absolute Gasteiger partial charge is 0.494 e. The maximum absolute atomic E-state index is 12.8. The maximum atomic E-state index is 12.8. The molecule has 0 spiro atoms. The first-order valence-electron chi connectivity index (χ1n) is 13.3. The van der Waals surface area contributed by atoms with Gasteiger partial charge in [-0.1, -0.05) is 29.7 Å². The van der Waals surface area contributed by atoms with Crippen molar-refractivity contribution in [3.8, 4) is 17.6 Å². The molecule has 13 heteroatoms. The Hall–Kier alpha value is -3.81. The summed E-state index contributed by atoms with van der Waals surface area (Å²) in [6.07, 6.45) is 1.47. The van der Waals surface area contributed by atoms with Gasteiger partial charge >= 0.3 is 0 Å². The van der Waals surface area contributed by atoms with E-state index in [0.29, 0.717) is 66.8 Å². The number of hydrogen-bond acceptors (Lipinski definition) is 10. The predicted octanol–water partition coefficient (Wildman–Crippen LogP) is 4.21. The number of hydrogen-bond donors (Lipinski definition) is 3. The molecular formula is C29H35ClN7O4P. The van der Waals surface area contributed by atoms with Crippen LogP contribution in [0.3, 0.4) is 0 Å². The van der Waals surface area contributed by atoms with Crippen molar-refractivity contribution in [1.82, 2.24) is 14.9 Å². The van der Waals surface area contributed by atoms with Gasteiger partial charge in [0.2, 0.25) is 5.95 Å². The van der Waals surface area contributed by atoms with Crippen molar-refractivity contribution in [1.29, 1.82) is 0 Å². The summed E-state index contributed by atoms with van der Waals surface area (Å²) in [5, 5.41) is 10.3. The van der Waals surface area contributed by atoms with Gasteiger partial charge in [-0.2, -0.15) is 4.98 Å². The molecule has 3 N–H and O–H groups in total. The lowest BCUT2D eigenvalue weighted by Gasteiger charge is -2.31. The molecule has 0 saturated carbocycles. The van der Waals surface area contributed by atoms with Crippen molar-refractivity contribution in [3.63, 3.8) is 0 Å². The van der Waals surface area contributed by atoms with Crippen LogP contribution < -0.4 is 30.9 Å². The normalized spacial score (nSPS) is 13.3. The monoisotopic (exact) mass is 611 g/mol. The highest BCUT2D eigenvalue weighted by Gasteiger charge is 2.21. The quantitative estimate of drug-likeness (QED) is 0.240. The molecule has 0 unspecified atom stereocenters. The molecule has 2 heterocycles. The van der Waals surface area contributed by atoms with Gasteiger partial charge in [-0.25, -0.2) is 4.98 Å². The molecule has 1 amide bonds. The van der Waals surface area contributed by atoms with Gasteiger partial charge in [0.05, 0.1) is 55.8 Å². The number of carbonyl (C=O) groups excluding carboxylic acids is 1. The zero-order valence-electron chi connectivity index (χ0n) is 24.3. The number of nitrogens with zero attached hydrogens (tertiary/aromatic N) is 4. The first-order valence-corrected chi connectivity index (χ1v) is 16.2. The fourth-order valence-corrected chi connectivity index (χ4v) is 5.54. The number of anilines is 6. The van der Waals surface area contributed by atoms with Crippen LogP contribution in [0.4, 0.5) is 34.5 Å². The maximum Gasteiger partial charge on any atom is 0.300 e. The molecule has 1 aromatic heterocycles. The zero-order valence-corrected chi connectivity index (χ0v) is 26.0. The zero-order chi connectivity index (χ0) is 30.3. The van der Waals surface area contributed by atoms with Gasteiger partial charge < -0.3 is 34.9 Å². The van der Waals surface area contributed by atoms with E-state index < -0.39 is 13.0 Å². The molecule has 0 aliphatic carbocycles. The molecule has 0 bridgehead atoms. The Bertz CT molecular complexity index is 1540. The molecule has 222 valence electrons. The van der Waals surface area contributed by atoms with E-state index in [4.69, 9.17) is 21.1 Å². The Morgan fingerprint density at radius 1 is 1.14 bits per heavy atom. The number of morpholine rings is 1. The Labute approximate surface area is 251 Å². The summed E-state index contributed by atoms with van der Waals surface area (Å²) < 4.78 is 24.1. The minimum Gasteiger partial charge on any atom is -0.494 e. The minimum atomic E-state index is -2.57. The van der Waals surface area contributed by atoms with Crippen LogP contribution in [0.5, 0.6) is 5.75 Å². The number of aromatic nitrogens is 2. The van der Waals surface area contributed by atoms with Crippen molar-refractivity contribution in [2.75, 3.05) is 88.2 Å². The number of benzene rings is 2. The fourth-order valence-electron chi connectivity index (χ4n) is 4.25. The molecule has 1 aliphatic rings. The topological polar surface area (TPSA) is 121 Å². The molecule has 3 aromatic rings. The summed E-state index contributed by atoms with van der Waals surface area (Å²) in [6.45, 7) is 6.33. The molecule has 42 heavy (non-hydrogen) atoms. The van der Waals surface area contributed by atoms with Crippen LogP contribution in [-0.4, -0.2) is 88.2 Å². The average Bonchev–Trinajstić information content (AvgIpc) is 2.95. The van der Waals surface area contributed by atoms with E-state index in [-0.39, 0.29) is 11.0 Å². The van der Waals surface area contributed by atoms with Gasteiger partial charge in [-0.15, -0.1) is 0 Å². The van der Waals surface area contributed by atoms with Gasteiger partial charge in [0.15, 0.2) is 5.82 Å².